The van der Waals surface area contributed by atoms with Crippen molar-refractivity contribution in [2.45, 2.75) is 85.2 Å². The minimum absolute atomic E-state index is 0.201. The Morgan fingerprint density at radius 3 is 2.11 bits per heavy atom. The molecule has 7 heteroatoms. The van der Waals surface area contributed by atoms with E-state index >= 15 is 0 Å². The predicted molar refractivity (Wildman–Crippen MR) is 150 cm³/mol. The molecule has 38 heavy (non-hydrogen) atoms. The van der Waals surface area contributed by atoms with Gasteiger partial charge in [0.25, 0.3) is 0 Å². The maximum absolute atomic E-state index is 14.1. The zero-order chi connectivity index (χ0) is 28.5. The highest BCUT2D eigenvalue weighted by molar-refractivity contribution is 5.92. The van der Waals surface area contributed by atoms with Crippen molar-refractivity contribution in [1.29, 1.82) is 0 Å². The van der Waals surface area contributed by atoms with Gasteiger partial charge in [0.2, 0.25) is 11.8 Å². The maximum Gasteiger partial charge on any atom is 0.408 e. The van der Waals surface area contributed by atoms with Crippen LogP contribution >= 0.6 is 0 Å². The second-order valence-corrected chi connectivity index (χ2v) is 10.7. The summed E-state index contributed by atoms with van der Waals surface area (Å²) in [4.78, 5) is 42.1. The van der Waals surface area contributed by atoms with Gasteiger partial charge in [-0.05, 0) is 63.8 Å². The van der Waals surface area contributed by atoms with Gasteiger partial charge in [-0.2, -0.15) is 0 Å². The molecular weight excluding hydrogens is 478 g/mol. The van der Waals surface area contributed by atoms with Crippen LogP contribution in [0.1, 0.15) is 77.6 Å². The SMILES string of the molecule is C#Cc1ccc(C(C(=O)NCc2ccccc2)N(C(=O)C(NC(=O)OC(C)(C)C)C(C)CC)C(C)C)cc1. The van der Waals surface area contributed by atoms with E-state index in [1.807, 2.05) is 58.0 Å². The molecule has 0 radical (unpaired) electrons. The molecule has 3 unspecified atom stereocenters. The van der Waals surface area contributed by atoms with Crippen LogP contribution in [0, 0.1) is 18.3 Å². The van der Waals surface area contributed by atoms with E-state index < -0.39 is 23.8 Å². The fourth-order valence-electron chi connectivity index (χ4n) is 4.04. The van der Waals surface area contributed by atoms with Crippen molar-refractivity contribution in [3.8, 4) is 12.3 Å². The van der Waals surface area contributed by atoms with E-state index in [9.17, 15) is 14.4 Å². The van der Waals surface area contributed by atoms with Gasteiger partial charge in [-0.3, -0.25) is 9.59 Å². The third-order valence-electron chi connectivity index (χ3n) is 6.19. The monoisotopic (exact) mass is 519 g/mol. The minimum Gasteiger partial charge on any atom is -0.444 e. The van der Waals surface area contributed by atoms with Crippen molar-refractivity contribution in [3.63, 3.8) is 0 Å². The maximum atomic E-state index is 14.1. The van der Waals surface area contributed by atoms with Crippen LogP contribution in [0.3, 0.4) is 0 Å². The van der Waals surface area contributed by atoms with Crippen LogP contribution < -0.4 is 10.6 Å². The van der Waals surface area contributed by atoms with E-state index in [1.165, 1.54) is 0 Å². The molecule has 2 aromatic carbocycles. The first-order chi connectivity index (χ1) is 17.9. The van der Waals surface area contributed by atoms with Gasteiger partial charge in [-0.1, -0.05) is 68.7 Å². The zero-order valence-electron chi connectivity index (χ0n) is 23.6. The van der Waals surface area contributed by atoms with E-state index in [0.717, 1.165) is 5.56 Å². The van der Waals surface area contributed by atoms with Gasteiger partial charge in [-0.25, -0.2) is 4.79 Å². The van der Waals surface area contributed by atoms with Crippen LogP contribution in [0.4, 0.5) is 4.79 Å². The van der Waals surface area contributed by atoms with E-state index in [0.29, 0.717) is 24.1 Å². The third kappa shape index (κ3) is 8.65. The smallest absolute Gasteiger partial charge is 0.408 e. The Kier molecular flexibility index (Phi) is 10.9. The van der Waals surface area contributed by atoms with Crippen molar-refractivity contribution in [1.82, 2.24) is 15.5 Å². The second-order valence-electron chi connectivity index (χ2n) is 10.7. The van der Waals surface area contributed by atoms with Crippen molar-refractivity contribution in [3.05, 3.63) is 71.3 Å². The number of ether oxygens (including phenoxy) is 1. The summed E-state index contributed by atoms with van der Waals surface area (Å²) in [6.45, 7) is 13.1. The Bertz CT molecular complexity index is 1110. The quantitative estimate of drug-likeness (QED) is 0.422. The molecule has 0 saturated carbocycles. The molecule has 3 amide bonds. The van der Waals surface area contributed by atoms with E-state index in [-0.39, 0.29) is 23.8 Å². The molecule has 0 aliphatic rings. The zero-order valence-corrected chi connectivity index (χ0v) is 23.6. The van der Waals surface area contributed by atoms with E-state index in [4.69, 9.17) is 11.2 Å². The fourth-order valence-corrected chi connectivity index (χ4v) is 4.04. The Hall–Kier alpha value is -3.79. The number of rotatable bonds is 10. The summed E-state index contributed by atoms with van der Waals surface area (Å²) < 4.78 is 5.44. The highest BCUT2D eigenvalue weighted by Crippen LogP contribution is 2.27. The summed E-state index contributed by atoms with van der Waals surface area (Å²) in [6, 6.07) is 14.4. The fraction of sp³-hybridized carbons (Fsp3) is 0.452. The summed E-state index contributed by atoms with van der Waals surface area (Å²) in [5, 5.41) is 5.76. The van der Waals surface area contributed by atoms with Crippen molar-refractivity contribution in [2.75, 3.05) is 0 Å². The predicted octanol–water partition coefficient (Wildman–Crippen LogP) is 5.20. The molecule has 0 heterocycles. The van der Waals surface area contributed by atoms with Gasteiger partial charge in [0.05, 0.1) is 0 Å². The number of benzene rings is 2. The number of alkyl carbamates (subject to hydrolysis) is 1. The Morgan fingerprint density at radius 2 is 1.61 bits per heavy atom. The number of hydrogen-bond acceptors (Lipinski definition) is 4. The number of carbonyl (C=O) groups is 3. The number of terminal acetylenes is 1. The van der Waals surface area contributed by atoms with Gasteiger partial charge in [0.1, 0.15) is 17.7 Å². The summed E-state index contributed by atoms with van der Waals surface area (Å²) in [7, 11) is 0. The summed E-state index contributed by atoms with van der Waals surface area (Å²) in [6.07, 6.45) is 5.50. The number of amides is 3. The van der Waals surface area contributed by atoms with Gasteiger partial charge in [0.15, 0.2) is 0 Å². The molecule has 2 rings (SSSR count). The topological polar surface area (TPSA) is 87.7 Å². The highest BCUT2D eigenvalue weighted by Gasteiger charge is 2.39. The highest BCUT2D eigenvalue weighted by atomic mass is 16.6. The van der Waals surface area contributed by atoms with Crippen molar-refractivity contribution in [2.24, 2.45) is 5.92 Å². The third-order valence-corrected chi connectivity index (χ3v) is 6.19. The number of hydrogen-bond donors (Lipinski definition) is 2. The average molecular weight is 520 g/mol. The van der Waals surface area contributed by atoms with Crippen LogP contribution in [0.5, 0.6) is 0 Å². The lowest BCUT2D eigenvalue weighted by molar-refractivity contribution is -0.145. The molecule has 0 aliphatic heterocycles. The van der Waals surface area contributed by atoms with E-state index in [1.54, 1.807) is 49.9 Å². The Balaban J connectivity index is 2.48. The van der Waals surface area contributed by atoms with E-state index in [2.05, 4.69) is 16.6 Å². The second kappa shape index (κ2) is 13.7. The lowest BCUT2D eigenvalue weighted by Crippen LogP contribution is -2.56. The van der Waals surface area contributed by atoms with Crippen LogP contribution in [-0.4, -0.2) is 40.5 Å². The number of nitrogens with zero attached hydrogens (tertiary/aromatic N) is 1. The first-order valence-corrected chi connectivity index (χ1v) is 13.1. The van der Waals surface area contributed by atoms with Gasteiger partial charge in [0, 0.05) is 18.2 Å². The molecule has 0 fully saturated rings. The number of carbonyl (C=O) groups excluding carboxylic acids is 3. The Morgan fingerprint density at radius 1 is 1.00 bits per heavy atom. The molecule has 0 saturated heterocycles. The molecule has 0 aliphatic carbocycles. The van der Waals surface area contributed by atoms with Crippen molar-refractivity contribution >= 4 is 17.9 Å². The average Bonchev–Trinajstić information content (AvgIpc) is 2.87. The molecule has 0 aromatic heterocycles. The molecule has 7 nitrogen and oxygen atoms in total. The normalized spacial score (nSPS) is 13.6. The van der Waals surface area contributed by atoms with Gasteiger partial charge in [-0.15, -0.1) is 6.42 Å². The molecule has 2 N–H and O–H groups in total. The van der Waals surface area contributed by atoms with Gasteiger partial charge >= 0.3 is 6.09 Å². The largest absolute Gasteiger partial charge is 0.444 e. The van der Waals surface area contributed by atoms with Crippen molar-refractivity contribution < 1.29 is 19.1 Å². The van der Waals surface area contributed by atoms with Gasteiger partial charge < -0.3 is 20.3 Å². The summed E-state index contributed by atoms with van der Waals surface area (Å²) >= 11 is 0. The standard InChI is InChI=1S/C31H41N3O4/c1-9-22(5)26(33-30(37)38-31(6,7)8)29(36)34(21(3)4)27(25-18-16-23(10-2)17-19-25)28(35)32-20-24-14-12-11-13-15-24/h2,11-19,21-22,26-27H,9,20H2,1,3-8H3,(H,32,35)(H,33,37). The van der Waals surface area contributed by atoms with Crippen LogP contribution in [-0.2, 0) is 20.9 Å². The number of nitrogens with one attached hydrogen (secondary N) is 2. The molecule has 204 valence electrons. The van der Waals surface area contributed by atoms with Crippen LogP contribution in [0.2, 0.25) is 0 Å². The Labute approximate surface area is 227 Å². The lowest BCUT2D eigenvalue weighted by Gasteiger charge is -2.38. The van der Waals surface area contributed by atoms with Crippen LogP contribution in [0.25, 0.3) is 0 Å². The molecule has 3 atom stereocenters. The molecule has 0 spiro atoms. The minimum atomic E-state index is -0.940. The molecule has 2 aromatic rings. The van der Waals surface area contributed by atoms with Crippen LogP contribution in [0.15, 0.2) is 54.6 Å². The lowest BCUT2D eigenvalue weighted by atomic mass is 9.94. The first kappa shape index (κ1) is 30.4. The molecule has 0 bridgehead atoms. The molecular formula is C31H41N3O4. The summed E-state index contributed by atoms with van der Waals surface area (Å²) in [5.74, 6) is 1.69. The summed E-state index contributed by atoms with van der Waals surface area (Å²) in [5.41, 5.74) is 1.51. The first-order valence-electron chi connectivity index (χ1n) is 13.1.